The molecule has 14 nitrogen and oxygen atoms in total. The highest BCUT2D eigenvalue weighted by Crippen LogP contribution is 2.53. The molecule has 404 valence electrons. The average molecular weight is 1030 g/mol. The second kappa shape index (κ2) is 21.9. The summed E-state index contributed by atoms with van der Waals surface area (Å²) in [5, 5.41) is 0.421. The lowest BCUT2D eigenvalue weighted by Gasteiger charge is -2.30. The Morgan fingerprint density at radius 3 is 1.81 bits per heavy atom. The third-order valence-electron chi connectivity index (χ3n) is 12.4. The number of halogens is 2. The van der Waals surface area contributed by atoms with Gasteiger partial charge in [0.1, 0.15) is 34.1 Å². The van der Waals surface area contributed by atoms with Crippen LogP contribution in [0, 0.1) is 5.41 Å². The number of amides is 2. The van der Waals surface area contributed by atoms with Crippen molar-refractivity contribution in [3.05, 3.63) is 88.2 Å². The molecule has 74 heavy (non-hydrogen) atoms. The van der Waals surface area contributed by atoms with E-state index in [0.29, 0.717) is 64.0 Å². The quantitative estimate of drug-likeness (QED) is 0.156. The molecule has 1 saturated heterocycles. The Morgan fingerprint density at radius 1 is 0.770 bits per heavy atom. The number of aryl methyl sites for hydroxylation is 1. The van der Waals surface area contributed by atoms with Crippen molar-refractivity contribution in [3.8, 4) is 22.4 Å². The molecule has 0 bridgehead atoms. The molecule has 1 aliphatic heterocycles. The Bertz CT molecular complexity index is 2870. The maximum absolute atomic E-state index is 16.6. The molecule has 2 amide bonds. The van der Waals surface area contributed by atoms with E-state index >= 15 is 8.78 Å². The van der Waals surface area contributed by atoms with Gasteiger partial charge in [-0.2, -0.15) is 8.78 Å². The predicted molar refractivity (Wildman–Crippen MR) is 286 cm³/mol. The van der Waals surface area contributed by atoms with Gasteiger partial charge < -0.3 is 28.7 Å². The molecule has 2 aliphatic carbocycles. The zero-order chi connectivity index (χ0) is 55.7. The van der Waals surface area contributed by atoms with Crippen molar-refractivity contribution in [2.24, 2.45) is 5.41 Å². The van der Waals surface area contributed by atoms with E-state index in [1.54, 1.807) is 99.7 Å². The summed E-state index contributed by atoms with van der Waals surface area (Å²) < 4.78 is 58.1. The summed E-state index contributed by atoms with van der Waals surface area (Å²) in [7, 11) is 1.58. The van der Waals surface area contributed by atoms with Gasteiger partial charge in [0.25, 0.3) is 5.92 Å². The van der Waals surface area contributed by atoms with Crippen molar-refractivity contribution < 1.29 is 46.9 Å². The van der Waals surface area contributed by atoms with Gasteiger partial charge in [0.2, 0.25) is 0 Å². The molecule has 7 rings (SSSR count). The summed E-state index contributed by atoms with van der Waals surface area (Å²) in [5.41, 5.74) is -0.638. The van der Waals surface area contributed by atoms with E-state index in [1.165, 1.54) is 51.6 Å². The van der Waals surface area contributed by atoms with E-state index in [4.69, 9.17) is 18.9 Å². The highest BCUT2D eigenvalue weighted by Gasteiger charge is 2.49. The van der Waals surface area contributed by atoms with Crippen LogP contribution in [0.15, 0.2) is 49.2 Å². The monoisotopic (exact) mass is 1030 g/mol. The van der Waals surface area contributed by atoms with Crippen molar-refractivity contribution >= 4 is 42.6 Å². The van der Waals surface area contributed by atoms with E-state index in [1.807, 2.05) is 53.4 Å². The lowest BCUT2D eigenvalue weighted by atomic mass is 9.99. The normalized spacial score (nSPS) is 15.9. The van der Waals surface area contributed by atoms with Crippen molar-refractivity contribution in [2.45, 2.75) is 184 Å². The van der Waals surface area contributed by atoms with Gasteiger partial charge in [-0.05, 0) is 155 Å². The lowest BCUT2D eigenvalue weighted by Crippen LogP contribution is -2.41. The van der Waals surface area contributed by atoms with Crippen molar-refractivity contribution in [1.82, 2.24) is 28.9 Å². The molecule has 0 unspecified atom stereocenters. The maximum Gasteiger partial charge on any atom is 0.420 e. The minimum Gasteiger partial charge on any atom is -0.444 e. The fraction of sp³-hybridized carbons (Fsp3) is 0.552. The summed E-state index contributed by atoms with van der Waals surface area (Å²) in [6.45, 7) is 39.4. The first-order chi connectivity index (χ1) is 34.2. The number of rotatable bonds is 8. The Kier molecular flexibility index (Phi) is 17.3. The summed E-state index contributed by atoms with van der Waals surface area (Å²) in [6.07, 6.45) is 6.17. The molecular weight excluding hydrogens is 947 g/mol. The third-order valence-corrected chi connectivity index (χ3v) is 12.4. The Labute approximate surface area is 436 Å². The molecule has 3 heterocycles. The van der Waals surface area contributed by atoms with E-state index in [-0.39, 0.29) is 39.3 Å². The molecule has 0 N–H and O–H groups in total. The van der Waals surface area contributed by atoms with Crippen LogP contribution in [-0.4, -0.2) is 95.8 Å². The lowest BCUT2D eigenvalue weighted by molar-refractivity contribution is 0.0190. The molecule has 1 spiro atoms. The number of fused-ring (bicyclic) bond motifs is 3. The average Bonchev–Trinajstić information content (AvgIpc) is 3.52. The number of carbonyl (C=O) groups is 4. The van der Waals surface area contributed by atoms with Crippen LogP contribution in [0.5, 0.6) is 0 Å². The number of benzene rings is 2. The molecule has 16 heteroatoms. The summed E-state index contributed by atoms with van der Waals surface area (Å²) in [5.74, 6) is -2.76. The summed E-state index contributed by atoms with van der Waals surface area (Å²) in [4.78, 5) is 64.5. The summed E-state index contributed by atoms with van der Waals surface area (Å²) >= 11 is 0. The number of nitrogens with zero attached hydrogens (tertiary/aromatic N) is 6. The largest absolute Gasteiger partial charge is 0.444 e. The van der Waals surface area contributed by atoms with Crippen LogP contribution in [0.25, 0.3) is 40.6 Å². The van der Waals surface area contributed by atoms with Crippen LogP contribution in [0.3, 0.4) is 0 Å². The van der Waals surface area contributed by atoms with Crippen molar-refractivity contribution in [1.29, 1.82) is 0 Å². The standard InChI is InChI=1S/C45H55F2N5O6.C11H19NO2.C2H6/c1-15-17-34(50(14)39(53)56-42(5,6)7)38-49-27(4)35(52(38)41(55)58-44(11,12)13)22-26(3)28-18-20-30-31-21-19-29(24-33(31)45(46,47)32(30)23-28)36-25-48-37(16-2)51(36)40(54)57-43(8,9)10;1-10(2,3)14-9(13)12-7-6-11(8-12)4-5-11;1-2/h18-25,34H,3-4,15-17H2,1-2,5-14H3;4-8H2,1-3H3;1-2H3/b35-22+;;/t34-;;/m0../s1. The molecule has 1 saturated carbocycles. The minimum absolute atomic E-state index is 0.138. The molecule has 1 atom stereocenters. The number of alkyl halides is 2. The number of aromatic nitrogens is 4. The minimum atomic E-state index is -3.41. The highest BCUT2D eigenvalue weighted by atomic mass is 19.3. The molecule has 2 fully saturated rings. The number of likely N-dealkylation sites (tertiary alicyclic amines) is 1. The van der Waals surface area contributed by atoms with Crippen LogP contribution in [-0.2, 0) is 31.3 Å². The Balaban J connectivity index is 0.000000538. The fourth-order valence-corrected chi connectivity index (χ4v) is 8.79. The molecular formula is C58H80F2N6O8. The highest BCUT2D eigenvalue weighted by molar-refractivity contribution is 5.91. The third kappa shape index (κ3) is 13.7. The van der Waals surface area contributed by atoms with Gasteiger partial charge in [0.05, 0.1) is 28.6 Å². The fourth-order valence-electron chi connectivity index (χ4n) is 8.79. The first-order valence-corrected chi connectivity index (χ1v) is 25.8. The van der Waals surface area contributed by atoms with Gasteiger partial charge in [-0.1, -0.05) is 71.5 Å². The van der Waals surface area contributed by atoms with Gasteiger partial charge in [-0.25, -0.2) is 38.3 Å². The molecule has 4 aromatic rings. The van der Waals surface area contributed by atoms with Crippen LogP contribution in [0.4, 0.5) is 28.0 Å². The Morgan fingerprint density at radius 2 is 1.30 bits per heavy atom. The maximum atomic E-state index is 16.6. The molecule has 3 aliphatic rings. The smallest absolute Gasteiger partial charge is 0.420 e. The SMILES string of the molecule is C=C(/C=c1\c(=C)nc([C@H](CCC)N(C)C(=O)OC(C)(C)C)n1C(=O)OC(C)(C)C)c1ccc2c(c1)C(F)(F)c1cc(-c3cnc(CC)n3C(=O)OC(C)(C)C)ccc1-2.CC.CC(C)(C)OC(=O)N1CCC2(CC2)C1. The van der Waals surface area contributed by atoms with Gasteiger partial charge in [-0.15, -0.1) is 0 Å². The number of hydrogen-bond donors (Lipinski definition) is 0. The first kappa shape index (κ1) is 58.6. The van der Waals surface area contributed by atoms with E-state index < -0.39 is 47.0 Å². The second-order valence-corrected chi connectivity index (χ2v) is 23.2. The summed E-state index contributed by atoms with van der Waals surface area (Å²) in [6, 6.07) is 8.71. The predicted octanol–water partition coefficient (Wildman–Crippen LogP) is 13.0. The number of carbonyl (C=O) groups excluding carboxylic acids is 4. The van der Waals surface area contributed by atoms with E-state index in [9.17, 15) is 19.2 Å². The van der Waals surface area contributed by atoms with Crippen molar-refractivity contribution in [2.75, 3.05) is 20.1 Å². The molecule has 2 aromatic heterocycles. The molecule has 2 aromatic carbocycles. The zero-order valence-electron chi connectivity index (χ0n) is 47.0. The van der Waals surface area contributed by atoms with Crippen LogP contribution in [0.1, 0.15) is 177 Å². The van der Waals surface area contributed by atoms with Crippen molar-refractivity contribution in [3.63, 3.8) is 0 Å². The zero-order valence-corrected chi connectivity index (χ0v) is 47.0. The molecule has 0 radical (unpaired) electrons. The topological polar surface area (TPSA) is 147 Å². The number of imidazole rings is 2. The first-order valence-electron chi connectivity index (χ1n) is 25.8. The van der Waals surface area contributed by atoms with Gasteiger partial charge in [-0.3, -0.25) is 0 Å². The van der Waals surface area contributed by atoms with Crippen LogP contribution in [0.2, 0.25) is 0 Å². The van der Waals surface area contributed by atoms with Gasteiger partial charge in [0, 0.05) is 43.2 Å². The van der Waals surface area contributed by atoms with Gasteiger partial charge in [0.15, 0.2) is 0 Å². The number of ether oxygens (including phenoxy) is 4. The Hall–Kier alpha value is -6.32. The number of hydrogen-bond acceptors (Lipinski definition) is 10. The van der Waals surface area contributed by atoms with Crippen LogP contribution < -0.4 is 10.7 Å². The van der Waals surface area contributed by atoms with Gasteiger partial charge >= 0.3 is 24.4 Å². The van der Waals surface area contributed by atoms with E-state index in [2.05, 4.69) is 23.1 Å². The van der Waals surface area contributed by atoms with Crippen LogP contribution >= 0.6 is 0 Å². The second-order valence-electron chi connectivity index (χ2n) is 23.2. The van der Waals surface area contributed by atoms with E-state index in [0.717, 1.165) is 13.1 Å². The number of allylic oxidation sites excluding steroid dienone is 1.